The fourth-order valence-electron chi connectivity index (χ4n) is 5.54. The van der Waals surface area contributed by atoms with Gasteiger partial charge in [-0.25, -0.2) is 22.2 Å². The van der Waals surface area contributed by atoms with E-state index in [-0.39, 0.29) is 21.6 Å². The highest BCUT2D eigenvalue weighted by Crippen LogP contribution is 2.31. The minimum absolute atomic E-state index is 0.0547. The van der Waals surface area contributed by atoms with Crippen molar-refractivity contribution in [3.63, 3.8) is 0 Å². The number of ketones is 1. The van der Waals surface area contributed by atoms with E-state index in [1.807, 2.05) is 12.1 Å². The summed E-state index contributed by atoms with van der Waals surface area (Å²) in [5.74, 6) is -2.92. The molecule has 0 bridgehead atoms. The molecule has 0 saturated carbocycles. The van der Waals surface area contributed by atoms with Crippen LogP contribution in [0.15, 0.2) is 47.4 Å². The smallest absolute Gasteiger partial charge is 0.243 e. The molecule has 220 valence electrons. The molecule has 1 aromatic heterocycles. The lowest BCUT2D eigenvalue weighted by Crippen LogP contribution is -2.53. The van der Waals surface area contributed by atoms with Gasteiger partial charge in [-0.3, -0.25) is 9.69 Å². The number of halogens is 2. The number of hydrogen-bond donors (Lipinski definition) is 3. The van der Waals surface area contributed by atoms with E-state index in [4.69, 9.17) is 5.73 Å². The first kappa shape index (κ1) is 29.5. The maximum atomic E-state index is 14.1. The molecular weight excluding hydrogens is 570 g/mol. The van der Waals surface area contributed by atoms with Gasteiger partial charge in [-0.1, -0.05) is 29.5 Å². The van der Waals surface area contributed by atoms with E-state index < -0.39 is 33.0 Å². The molecule has 2 fully saturated rings. The number of carbonyl (C=O) groups excluding carboxylic acids is 1. The minimum atomic E-state index is -3.65. The van der Waals surface area contributed by atoms with E-state index in [1.165, 1.54) is 10.4 Å². The fourth-order valence-corrected chi connectivity index (χ4v) is 7.92. The number of piperidine rings is 1. The van der Waals surface area contributed by atoms with E-state index >= 15 is 0 Å². The molecule has 0 aliphatic carbocycles. The van der Waals surface area contributed by atoms with Gasteiger partial charge in [0.25, 0.3) is 0 Å². The number of nitrogens with zero attached hydrogens (tertiary/aromatic N) is 3. The van der Waals surface area contributed by atoms with Crippen molar-refractivity contribution in [2.75, 3.05) is 37.2 Å². The van der Waals surface area contributed by atoms with E-state index in [2.05, 4.69) is 34.4 Å². The number of nitrogens with one attached hydrogen (secondary N) is 2. The molecule has 2 unspecified atom stereocenters. The Morgan fingerprint density at radius 1 is 1.07 bits per heavy atom. The van der Waals surface area contributed by atoms with Crippen molar-refractivity contribution in [1.82, 2.24) is 19.5 Å². The van der Waals surface area contributed by atoms with Gasteiger partial charge in [-0.2, -0.15) is 4.31 Å². The van der Waals surface area contributed by atoms with Crippen molar-refractivity contribution in [3.05, 3.63) is 70.1 Å². The minimum Gasteiger partial charge on any atom is -0.382 e. The number of nitrogens with two attached hydrogens (primary N) is 1. The van der Waals surface area contributed by atoms with Gasteiger partial charge in [0.15, 0.2) is 5.13 Å². The van der Waals surface area contributed by atoms with Crippen LogP contribution < -0.4 is 16.4 Å². The number of thiazole rings is 1. The SMILES string of the molecule is CC1CN(Cc2ccc(S(=O)(=O)N3CCC(Nc4nc(N)c(C(=O)c5c(F)cccc5F)s4)CC3)cc2)CC(C)N1. The highest BCUT2D eigenvalue weighted by molar-refractivity contribution is 7.89. The van der Waals surface area contributed by atoms with E-state index in [0.29, 0.717) is 43.1 Å². The topological polar surface area (TPSA) is 121 Å². The largest absolute Gasteiger partial charge is 0.382 e. The number of sulfonamides is 1. The molecule has 2 atom stereocenters. The summed E-state index contributed by atoms with van der Waals surface area (Å²) >= 11 is 0.922. The van der Waals surface area contributed by atoms with Gasteiger partial charge in [-0.05, 0) is 56.5 Å². The molecule has 3 heterocycles. The van der Waals surface area contributed by atoms with Crippen LogP contribution in [-0.4, -0.2) is 72.7 Å². The average molecular weight is 605 g/mol. The maximum Gasteiger partial charge on any atom is 0.243 e. The van der Waals surface area contributed by atoms with Gasteiger partial charge < -0.3 is 16.4 Å². The number of nitrogen functional groups attached to an aromatic ring is 1. The molecule has 0 spiro atoms. The lowest BCUT2D eigenvalue weighted by Gasteiger charge is -2.36. The van der Waals surface area contributed by atoms with Crippen molar-refractivity contribution in [1.29, 1.82) is 0 Å². The summed E-state index contributed by atoms with van der Waals surface area (Å²) in [4.78, 5) is 19.5. The number of piperazine rings is 1. The fraction of sp³-hybridized carbons (Fsp3) is 0.429. The average Bonchev–Trinajstić information content (AvgIpc) is 3.28. The van der Waals surface area contributed by atoms with Crippen LogP contribution in [0.25, 0.3) is 0 Å². The molecule has 9 nitrogen and oxygen atoms in total. The zero-order chi connectivity index (χ0) is 29.3. The Labute approximate surface area is 242 Å². The number of rotatable bonds is 8. The lowest BCUT2D eigenvalue weighted by molar-refractivity contribution is 0.103. The Morgan fingerprint density at radius 3 is 2.29 bits per heavy atom. The second kappa shape index (κ2) is 12.1. The molecule has 2 aliphatic rings. The predicted octanol–water partition coefficient (Wildman–Crippen LogP) is 3.68. The maximum absolute atomic E-state index is 14.1. The molecule has 5 rings (SSSR count). The van der Waals surface area contributed by atoms with Gasteiger partial charge in [0, 0.05) is 50.8 Å². The quantitative estimate of drug-likeness (QED) is 0.333. The number of carbonyl (C=O) groups is 1. The second-order valence-corrected chi connectivity index (χ2v) is 13.7. The summed E-state index contributed by atoms with van der Waals surface area (Å²) in [6.07, 6.45) is 1.03. The zero-order valence-electron chi connectivity index (χ0n) is 22.9. The van der Waals surface area contributed by atoms with Crippen LogP contribution in [0.5, 0.6) is 0 Å². The Kier molecular flexibility index (Phi) is 8.71. The van der Waals surface area contributed by atoms with Gasteiger partial charge in [-0.15, -0.1) is 0 Å². The summed E-state index contributed by atoms with van der Waals surface area (Å²) in [7, 11) is -3.65. The molecule has 2 aliphatic heterocycles. The van der Waals surface area contributed by atoms with Crippen molar-refractivity contribution in [2.45, 2.75) is 56.3 Å². The van der Waals surface area contributed by atoms with E-state index in [0.717, 1.165) is 48.7 Å². The molecule has 0 amide bonds. The molecule has 2 saturated heterocycles. The first-order chi connectivity index (χ1) is 19.5. The Morgan fingerprint density at radius 2 is 1.68 bits per heavy atom. The first-order valence-electron chi connectivity index (χ1n) is 13.6. The third-order valence-electron chi connectivity index (χ3n) is 7.43. The third kappa shape index (κ3) is 6.59. The van der Waals surface area contributed by atoms with Crippen LogP contribution in [0.2, 0.25) is 0 Å². The van der Waals surface area contributed by atoms with Crippen LogP contribution in [0.1, 0.15) is 47.5 Å². The number of benzene rings is 2. The van der Waals surface area contributed by atoms with Crippen LogP contribution in [0.4, 0.5) is 19.7 Å². The second-order valence-electron chi connectivity index (χ2n) is 10.8. The third-order valence-corrected chi connectivity index (χ3v) is 10.3. The molecule has 4 N–H and O–H groups in total. The van der Waals surface area contributed by atoms with Gasteiger partial charge in [0.2, 0.25) is 15.8 Å². The van der Waals surface area contributed by atoms with Crippen molar-refractivity contribution in [3.8, 4) is 0 Å². The zero-order valence-corrected chi connectivity index (χ0v) is 24.6. The highest BCUT2D eigenvalue weighted by Gasteiger charge is 2.31. The Balaban J connectivity index is 1.17. The monoisotopic (exact) mass is 604 g/mol. The molecule has 2 aromatic carbocycles. The lowest BCUT2D eigenvalue weighted by atomic mass is 10.1. The number of hydrogen-bond acceptors (Lipinski definition) is 9. The van der Waals surface area contributed by atoms with Gasteiger partial charge in [0.05, 0.1) is 10.5 Å². The van der Waals surface area contributed by atoms with Gasteiger partial charge >= 0.3 is 0 Å². The first-order valence-corrected chi connectivity index (χ1v) is 15.9. The number of aromatic nitrogens is 1. The van der Waals surface area contributed by atoms with Crippen LogP contribution in [0.3, 0.4) is 0 Å². The highest BCUT2D eigenvalue weighted by atomic mass is 32.2. The molecule has 0 radical (unpaired) electrons. The van der Waals surface area contributed by atoms with Crippen molar-refractivity contribution < 1.29 is 22.0 Å². The molecule has 41 heavy (non-hydrogen) atoms. The molecule has 13 heteroatoms. The Bertz CT molecular complexity index is 1480. The van der Waals surface area contributed by atoms with Crippen LogP contribution >= 0.6 is 11.3 Å². The van der Waals surface area contributed by atoms with Crippen molar-refractivity contribution in [2.24, 2.45) is 0 Å². The van der Waals surface area contributed by atoms with Crippen LogP contribution in [0, 0.1) is 11.6 Å². The predicted molar refractivity (Wildman–Crippen MR) is 155 cm³/mol. The van der Waals surface area contributed by atoms with Gasteiger partial charge in [0.1, 0.15) is 22.3 Å². The van der Waals surface area contributed by atoms with Crippen molar-refractivity contribution >= 4 is 38.1 Å². The van der Waals surface area contributed by atoms with E-state index in [1.54, 1.807) is 12.1 Å². The standard InChI is InChI=1S/C28H34F2N6O3S2/c1-17-14-35(15-18(2)32-17)16-19-6-8-21(9-7-19)41(38,39)36-12-10-20(11-13-36)33-28-34-27(31)26(40-28)25(37)24-22(29)4-3-5-23(24)30/h3-9,17-18,20,32H,10-16,31H2,1-2H3,(H,33,34). The summed E-state index contributed by atoms with van der Waals surface area (Å²) < 4.78 is 56.3. The number of anilines is 2. The summed E-state index contributed by atoms with van der Waals surface area (Å²) in [6.45, 7) is 7.62. The Hall–Kier alpha value is -2.97. The summed E-state index contributed by atoms with van der Waals surface area (Å²) in [6, 6.07) is 11.1. The molecule has 3 aromatic rings. The van der Waals surface area contributed by atoms with Crippen LogP contribution in [-0.2, 0) is 16.6 Å². The van der Waals surface area contributed by atoms with E-state index in [9.17, 15) is 22.0 Å². The summed E-state index contributed by atoms with van der Waals surface area (Å²) in [5, 5.41) is 7.06. The normalized spacial score (nSPS) is 21.2. The summed E-state index contributed by atoms with van der Waals surface area (Å²) in [5.41, 5.74) is 6.31. The molecular formula is C28H34F2N6O3S2.